The first-order valence-corrected chi connectivity index (χ1v) is 5.09. The molecule has 0 fully saturated rings. The second-order valence-corrected chi connectivity index (χ2v) is 3.38. The molecule has 2 heterocycles. The van der Waals surface area contributed by atoms with Crippen molar-refractivity contribution in [2.24, 2.45) is 0 Å². The zero-order valence-electron chi connectivity index (χ0n) is 9.44. The molecule has 0 radical (unpaired) electrons. The molecule has 2 aromatic rings. The van der Waals surface area contributed by atoms with Crippen molar-refractivity contribution in [3.8, 4) is 5.75 Å². The van der Waals surface area contributed by atoms with Crippen LogP contribution in [-0.2, 0) is 0 Å². The van der Waals surface area contributed by atoms with Crippen LogP contribution in [0.4, 0.5) is 5.82 Å². The lowest BCUT2D eigenvalue weighted by Crippen LogP contribution is -2.18. The standard InChI is InChI=1S/C11H8N4O4/c16-6-2-1-3-12-7(6)10(17)15-9-8(11(18)19)13-4-5-14-9/h1-5,16H,(H,18,19)(H,14,15,17). The zero-order chi connectivity index (χ0) is 13.8. The van der Waals surface area contributed by atoms with Gasteiger partial charge in [0.05, 0.1) is 0 Å². The van der Waals surface area contributed by atoms with Gasteiger partial charge in [-0.3, -0.25) is 4.79 Å². The smallest absolute Gasteiger partial charge is 0.358 e. The fourth-order valence-corrected chi connectivity index (χ4v) is 1.32. The second-order valence-electron chi connectivity index (χ2n) is 3.38. The van der Waals surface area contributed by atoms with Crippen LogP contribution >= 0.6 is 0 Å². The minimum atomic E-state index is -1.33. The third-order valence-corrected chi connectivity index (χ3v) is 2.13. The molecule has 8 nitrogen and oxygen atoms in total. The van der Waals surface area contributed by atoms with Crippen molar-refractivity contribution in [3.05, 3.63) is 42.1 Å². The van der Waals surface area contributed by atoms with Gasteiger partial charge in [0.15, 0.2) is 17.2 Å². The number of aromatic hydroxyl groups is 1. The molecular formula is C11H8N4O4. The number of carbonyl (C=O) groups is 2. The maximum absolute atomic E-state index is 11.8. The summed E-state index contributed by atoms with van der Waals surface area (Å²) in [5.41, 5.74) is -0.629. The van der Waals surface area contributed by atoms with Crippen molar-refractivity contribution in [1.82, 2.24) is 15.0 Å². The van der Waals surface area contributed by atoms with E-state index in [1.165, 1.54) is 30.7 Å². The summed E-state index contributed by atoms with van der Waals surface area (Å²) in [7, 11) is 0. The average Bonchev–Trinajstić information content (AvgIpc) is 2.39. The summed E-state index contributed by atoms with van der Waals surface area (Å²) in [5.74, 6) is -2.64. The van der Waals surface area contributed by atoms with Crippen LogP contribution in [0.3, 0.4) is 0 Å². The topological polar surface area (TPSA) is 125 Å². The number of nitrogens with zero attached hydrogens (tertiary/aromatic N) is 3. The molecular weight excluding hydrogens is 252 g/mol. The Bertz CT molecular complexity index is 644. The molecule has 2 aromatic heterocycles. The number of amides is 1. The lowest BCUT2D eigenvalue weighted by molar-refractivity contribution is 0.0691. The van der Waals surface area contributed by atoms with E-state index in [4.69, 9.17) is 5.11 Å². The molecule has 0 aliphatic carbocycles. The summed E-state index contributed by atoms with van der Waals surface area (Å²) >= 11 is 0. The van der Waals surface area contributed by atoms with Gasteiger partial charge < -0.3 is 15.5 Å². The van der Waals surface area contributed by atoms with E-state index in [9.17, 15) is 14.7 Å². The van der Waals surface area contributed by atoms with Gasteiger partial charge in [-0.05, 0) is 12.1 Å². The first-order valence-electron chi connectivity index (χ1n) is 5.09. The van der Waals surface area contributed by atoms with E-state index in [0.717, 1.165) is 0 Å². The van der Waals surface area contributed by atoms with Gasteiger partial charge in [0.25, 0.3) is 5.91 Å². The highest BCUT2D eigenvalue weighted by Gasteiger charge is 2.18. The van der Waals surface area contributed by atoms with Gasteiger partial charge in [0.1, 0.15) is 5.75 Å². The molecule has 0 saturated heterocycles. The Morgan fingerprint density at radius 1 is 1.05 bits per heavy atom. The van der Waals surface area contributed by atoms with Crippen LogP contribution < -0.4 is 5.32 Å². The van der Waals surface area contributed by atoms with Gasteiger partial charge in [-0.15, -0.1) is 0 Å². The monoisotopic (exact) mass is 260 g/mol. The normalized spacial score (nSPS) is 9.89. The molecule has 96 valence electrons. The van der Waals surface area contributed by atoms with Gasteiger partial charge in [-0.25, -0.2) is 19.7 Å². The van der Waals surface area contributed by atoms with E-state index in [1.807, 2.05) is 0 Å². The molecule has 2 rings (SSSR count). The van der Waals surface area contributed by atoms with Crippen LogP contribution in [0.15, 0.2) is 30.7 Å². The van der Waals surface area contributed by atoms with Crippen LogP contribution in [-0.4, -0.2) is 37.0 Å². The van der Waals surface area contributed by atoms with E-state index in [-0.39, 0.29) is 17.3 Å². The number of hydrogen-bond donors (Lipinski definition) is 3. The predicted molar refractivity (Wildman–Crippen MR) is 62.8 cm³/mol. The largest absolute Gasteiger partial charge is 0.505 e. The Kier molecular flexibility index (Phi) is 3.33. The first kappa shape index (κ1) is 12.4. The summed E-state index contributed by atoms with van der Waals surface area (Å²) in [6, 6.07) is 2.74. The zero-order valence-corrected chi connectivity index (χ0v) is 9.44. The fourth-order valence-electron chi connectivity index (χ4n) is 1.32. The molecule has 1 amide bonds. The van der Waals surface area contributed by atoms with Crippen molar-refractivity contribution in [1.29, 1.82) is 0 Å². The van der Waals surface area contributed by atoms with E-state index >= 15 is 0 Å². The van der Waals surface area contributed by atoms with Gasteiger partial charge in [-0.2, -0.15) is 0 Å². The summed E-state index contributed by atoms with van der Waals surface area (Å²) in [4.78, 5) is 33.7. The molecule has 3 N–H and O–H groups in total. The van der Waals surface area contributed by atoms with Crippen LogP contribution in [0.1, 0.15) is 21.0 Å². The van der Waals surface area contributed by atoms with E-state index in [2.05, 4.69) is 20.3 Å². The number of rotatable bonds is 3. The van der Waals surface area contributed by atoms with Crippen molar-refractivity contribution in [2.75, 3.05) is 5.32 Å². The van der Waals surface area contributed by atoms with Crippen LogP contribution in [0.25, 0.3) is 0 Å². The van der Waals surface area contributed by atoms with Crippen LogP contribution in [0.2, 0.25) is 0 Å². The average molecular weight is 260 g/mol. The van der Waals surface area contributed by atoms with Gasteiger partial charge in [0.2, 0.25) is 0 Å². The molecule has 8 heteroatoms. The number of anilines is 1. The lowest BCUT2D eigenvalue weighted by Gasteiger charge is -2.06. The number of aromatic nitrogens is 3. The Hall–Kier alpha value is -3.03. The minimum Gasteiger partial charge on any atom is -0.505 e. The quantitative estimate of drug-likeness (QED) is 0.734. The maximum Gasteiger partial charge on any atom is 0.358 e. The molecule has 0 aliphatic rings. The number of carboxylic acids is 1. The number of nitrogens with one attached hydrogen (secondary N) is 1. The van der Waals surface area contributed by atoms with E-state index in [1.54, 1.807) is 0 Å². The molecule has 0 bridgehead atoms. The van der Waals surface area contributed by atoms with E-state index in [0.29, 0.717) is 0 Å². The first-order chi connectivity index (χ1) is 9.09. The van der Waals surface area contributed by atoms with Crippen molar-refractivity contribution < 1.29 is 19.8 Å². The fraction of sp³-hybridized carbons (Fsp3) is 0. The summed E-state index contributed by atoms with van der Waals surface area (Å²) in [5, 5.41) is 20.6. The third-order valence-electron chi connectivity index (χ3n) is 2.13. The summed E-state index contributed by atoms with van der Waals surface area (Å²) in [6.45, 7) is 0. The van der Waals surface area contributed by atoms with E-state index < -0.39 is 17.6 Å². The maximum atomic E-state index is 11.8. The Morgan fingerprint density at radius 3 is 2.42 bits per heavy atom. The molecule has 0 aliphatic heterocycles. The van der Waals surface area contributed by atoms with Crippen molar-refractivity contribution in [2.45, 2.75) is 0 Å². The highest BCUT2D eigenvalue weighted by atomic mass is 16.4. The predicted octanol–water partition coefficient (Wildman–Crippen LogP) is 0.528. The number of pyridine rings is 1. The Labute approximate surface area is 106 Å². The number of hydrogen-bond acceptors (Lipinski definition) is 6. The molecule has 0 atom stereocenters. The Morgan fingerprint density at radius 2 is 1.74 bits per heavy atom. The molecule has 19 heavy (non-hydrogen) atoms. The number of aromatic carboxylic acids is 1. The molecule has 0 spiro atoms. The van der Waals surface area contributed by atoms with Gasteiger partial charge >= 0.3 is 5.97 Å². The van der Waals surface area contributed by atoms with Crippen molar-refractivity contribution >= 4 is 17.7 Å². The van der Waals surface area contributed by atoms with Gasteiger partial charge in [0, 0.05) is 18.6 Å². The third kappa shape index (κ3) is 2.63. The number of carbonyl (C=O) groups excluding carboxylic acids is 1. The highest BCUT2D eigenvalue weighted by Crippen LogP contribution is 2.15. The van der Waals surface area contributed by atoms with Gasteiger partial charge in [-0.1, -0.05) is 0 Å². The van der Waals surface area contributed by atoms with Crippen LogP contribution in [0.5, 0.6) is 5.75 Å². The SMILES string of the molecule is O=C(Nc1nccnc1C(=O)O)c1ncccc1O. The van der Waals surface area contributed by atoms with Crippen LogP contribution in [0, 0.1) is 0 Å². The Balaban J connectivity index is 2.30. The number of carboxylic acid groups (broad SMARTS) is 1. The van der Waals surface area contributed by atoms with Crippen molar-refractivity contribution in [3.63, 3.8) is 0 Å². The molecule has 0 saturated carbocycles. The molecule has 0 aromatic carbocycles. The lowest BCUT2D eigenvalue weighted by atomic mass is 10.3. The highest BCUT2D eigenvalue weighted by molar-refractivity contribution is 6.06. The minimum absolute atomic E-state index is 0.218. The molecule has 0 unspecified atom stereocenters. The second kappa shape index (κ2) is 5.08. The summed E-state index contributed by atoms with van der Waals surface area (Å²) < 4.78 is 0. The summed E-state index contributed by atoms with van der Waals surface area (Å²) in [6.07, 6.45) is 3.75.